The molecular weight excluding hydrogens is 236 g/mol. The Kier molecular flexibility index (Phi) is 4.26. The molecule has 94 valence electrons. The van der Waals surface area contributed by atoms with Crippen LogP contribution in [0, 0.1) is 0 Å². The summed E-state index contributed by atoms with van der Waals surface area (Å²) in [6, 6.07) is 5.65. The second kappa shape index (κ2) is 5.71. The van der Waals surface area contributed by atoms with Gasteiger partial charge < -0.3 is 15.4 Å². The summed E-state index contributed by atoms with van der Waals surface area (Å²) in [4.78, 5) is 2.32. The van der Waals surface area contributed by atoms with Crippen molar-refractivity contribution in [3.8, 4) is 5.75 Å². The minimum atomic E-state index is 0.287. The Labute approximate surface area is 107 Å². The van der Waals surface area contributed by atoms with Crippen LogP contribution in [-0.4, -0.2) is 31.1 Å². The maximum atomic E-state index is 6.02. The van der Waals surface area contributed by atoms with Gasteiger partial charge in [0.1, 0.15) is 11.9 Å². The van der Waals surface area contributed by atoms with E-state index in [1.165, 1.54) is 0 Å². The lowest BCUT2D eigenvalue weighted by Gasteiger charge is -2.29. The third-order valence-electron chi connectivity index (χ3n) is 3.21. The predicted octanol–water partition coefficient (Wildman–Crippen LogP) is 2.27. The molecule has 0 radical (unpaired) electrons. The van der Waals surface area contributed by atoms with Gasteiger partial charge in [0.2, 0.25) is 0 Å². The molecule has 2 N–H and O–H groups in total. The second-order valence-corrected chi connectivity index (χ2v) is 5.01. The van der Waals surface area contributed by atoms with Gasteiger partial charge in [-0.15, -0.1) is 0 Å². The Balaban J connectivity index is 2.04. The van der Waals surface area contributed by atoms with Crippen molar-refractivity contribution in [1.29, 1.82) is 0 Å². The molecule has 0 aromatic heterocycles. The zero-order valence-corrected chi connectivity index (χ0v) is 10.9. The predicted molar refractivity (Wildman–Crippen MR) is 70.5 cm³/mol. The highest BCUT2D eigenvalue weighted by molar-refractivity contribution is 6.30. The summed E-state index contributed by atoms with van der Waals surface area (Å²) in [7, 11) is 2.14. The summed E-state index contributed by atoms with van der Waals surface area (Å²) in [6.45, 7) is 2.66. The molecule has 1 aromatic rings. The van der Waals surface area contributed by atoms with Crippen molar-refractivity contribution in [3.63, 3.8) is 0 Å². The van der Waals surface area contributed by atoms with E-state index in [2.05, 4.69) is 11.9 Å². The van der Waals surface area contributed by atoms with Gasteiger partial charge in [0.15, 0.2) is 0 Å². The number of halogens is 1. The van der Waals surface area contributed by atoms with Crippen LogP contribution in [0.1, 0.15) is 18.4 Å². The number of nitrogens with two attached hydrogens (primary N) is 1. The van der Waals surface area contributed by atoms with E-state index in [1.54, 1.807) is 0 Å². The first-order chi connectivity index (χ1) is 8.19. The van der Waals surface area contributed by atoms with Crippen LogP contribution in [0.3, 0.4) is 0 Å². The zero-order valence-electron chi connectivity index (χ0n) is 10.2. The van der Waals surface area contributed by atoms with Crippen LogP contribution in [0.5, 0.6) is 5.75 Å². The number of rotatable bonds is 3. The van der Waals surface area contributed by atoms with Gasteiger partial charge >= 0.3 is 0 Å². The van der Waals surface area contributed by atoms with Crippen LogP contribution >= 0.6 is 11.6 Å². The molecule has 0 spiro atoms. The molecule has 0 aliphatic carbocycles. The van der Waals surface area contributed by atoms with E-state index in [4.69, 9.17) is 22.1 Å². The number of likely N-dealkylation sites (tertiary alicyclic amines) is 1. The molecule has 1 aliphatic heterocycles. The molecule has 1 heterocycles. The van der Waals surface area contributed by atoms with Crippen molar-refractivity contribution in [3.05, 3.63) is 28.8 Å². The van der Waals surface area contributed by atoms with E-state index in [-0.39, 0.29) is 6.10 Å². The van der Waals surface area contributed by atoms with Crippen molar-refractivity contribution >= 4 is 11.6 Å². The molecule has 0 amide bonds. The normalized spacial score (nSPS) is 18.3. The molecule has 0 atom stereocenters. The topological polar surface area (TPSA) is 38.5 Å². The van der Waals surface area contributed by atoms with E-state index in [1.807, 2.05) is 18.2 Å². The molecule has 0 saturated carbocycles. The fraction of sp³-hybridized carbons (Fsp3) is 0.538. The molecular formula is C13H19ClN2O. The molecule has 1 aliphatic rings. The first-order valence-corrected chi connectivity index (χ1v) is 6.40. The summed E-state index contributed by atoms with van der Waals surface area (Å²) in [6.07, 6.45) is 2.41. The number of ether oxygens (including phenoxy) is 1. The average molecular weight is 255 g/mol. The third-order valence-corrected chi connectivity index (χ3v) is 3.44. The molecule has 0 bridgehead atoms. The van der Waals surface area contributed by atoms with Gasteiger partial charge in [-0.2, -0.15) is 0 Å². The number of piperidine rings is 1. The fourth-order valence-electron chi connectivity index (χ4n) is 2.09. The Morgan fingerprint density at radius 2 is 2.12 bits per heavy atom. The van der Waals surface area contributed by atoms with E-state index in [9.17, 15) is 0 Å². The van der Waals surface area contributed by atoms with Gasteiger partial charge in [0.05, 0.1) is 0 Å². The van der Waals surface area contributed by atoms with Gasteiger partial charge in [0.25, 0.3) is 0 Å². The first kappa shape index (κ1) is 12.7. The summed E-state index contributed by atoms with van der Waals surface area (Å²) in [5.41, 5.74) is 6.72. The zero-order chi connectivity index (χ0) is 12.3. The average Bonchev–Trinajstić information content (AvgIpc) is 2.32. The highest BCUT2D eigenvalue weighted by Crippen LogP contribution is 2.26. The molecule has 2 rings (SSSR count). The number of nitrogens with zero attached hydrogens (tertiary/aromatic N) is 1. The van der Waals surface area contributed by atoms with Crippen LogP contribution in [0.2, 0.25) is 5.02 Å². The van der Waals surface area contributed by atoms with Gasteiger partial charge in [-0.1, -0.05) is 17.7 Å². The summed E-state index contributed by atoms with van der Waals surface area (Å²) < 4.78 is 6.02. The lowest BCUT2D eigenvalue weighted by Crippen LogP contribution is -2.35. The first-order valence-electron chi connectivity index (χ1n) is 6.02. The van der Waals surface area contributed by atoms with Crippen LogP contribution in [-0.2, 0) is 6.54 Å². The van der Waals surface area contributed by atoms with Crippen molar-refractivity contribution < 1.29 is 4.74 Å². The third kappa shape index (κ3) is 3.35. The lowest BCUT2D eigenvalue weighted by molar-refractivity contribution is 0.113. The van der Waals surface area contributed by atoms with Crippen LogP contribution in [0.4, 0.5) is 0 Å². The molecule has 0 unspecified atom stereocenters. The maximum absolute atomic E-state index is 6.02. The van der Waals surface area contributed by atoms with Crippen molar-refractivity contribution in [2.75, 3.05) is 20.1 Å². The minimum Gasteiger partial charge on any atom is -0.490 e. The monoisotopic (exact) mass is 254 g/mol. The van der Waals surface area contributed by atoms with Gasteiger partial charge in [-0.05, 0) is 32.0 Å². The molecule has 17 heavy (non-hydrogen) atoms. The number of hydrogen-bond acceptors (Lipinski definition) is 3. The SMILES string of the molecule is CN1CCC(Oc2cc(Cl)ccc2CN)CC1. The smallest absolute Gasteiger partial charge is 0.125 e. The standard InChI is InChI=1S/C13H19ClN2O/c1-16-6-4-12(5-7-16)17-13-8-11(14)3-2-10(13)9-15/h2-3,8,12H,4-7,9,15H2,1H3. The summed E-state index contributed by atoms with van der Waals surface area (Å²) >= 11 is 5.99. The Hall–Kier alpha value is -0.770. The Morgan fingerprint density at radius 3 is 2.76 bits per heavy atom. The highest BCUT2D eigenvalue weighted by Gasteiger charge is 2.19. The Morgan fingerprint density at radius 1 is 1.41 bits per heavy atom. The van der Waals surface area contributed by atoms with Crippen molar-refractivity contribution in [2.24, 2.45) is 5.73 Å². The second-order valence-electron chi connectivity index (χ2n) is 4.58. The Bertz CT molecular complexity index is 376. The van der Waals surface area contributed by atoms with E-state index in [0.717, 1.165) is 37.2 Å². The number of hydrogen-bond donors (Lipinski definition) is 1. The molecule has 1 saturated heterocycles. The van der Waals surface area contributed by atoms with Crippen LogP contribution in [0.25, 0.3) is 0 Å². The van der Waals surface area contributed by atoms with E-state index >= 15 is 0 Å². The molecule has 1 fully saturated rings. The van der Waals surface area contributed by atoms with Crippen LogP contribution < -0.4 is 10.5 Å². The summed E-state index contributed by atoms with van der Waals surface area (Å²) in [5, 5.41) is 0.699. The largest absolute Gasteiger partial charge is 0.490 e. The van der Waals surface area contributed by atoms with E-state index in [0.29, 0.717) is 11.6 Å². The van der Waals surface area contributed by atoms with Crippen molar-refractivity contribution in [1.82, 2.24) is 4.90 Å². The number of benzene rings is 1. The lowest BCUT2D eigenvalue weighted by atomic mass is 10.1. The fourth-order valence-corrected chi connectivity index (χ4v) is 2.25. The molecule has 3 nitrogen and oxygen atoms in total. The van der Waals surface area contributed by atoms with Crippen molar-refractivity contribution in [2.45, 2.75) is 25.5 Å². The quantitative estimate of drug-likeness (QED) is 0.899. The van der Waals surface area contributed by atoms with Gasteiger partial charge in [-0.3, -0.25) is 0 Å². The minimum absolute atomic E-state index is 0.287. The van der Waals surface area contributed by atoms with Gasteiger partial charge in [0, 0.05) is 30.2 Å². The van der Waals surface area contributed by atoms with Crippen LogP contribution in [0.15, 0.2) is 18.2 Å². The highest BCUT2D eigenvalue weighted by atomic mass is 35.5. The maximum Gasteiger partial charge on any atom is 0.125 e. The van der Waals surface area contributed by atoms with E-state index < -0.39 is 0 Å². The molecule has 4 heteroatoms. The summed E-state index contributed by atoms with van der Waals surface area (Å²) in [5.74, 6) is 0.842. The van der Waals surface area contributed by atoms with Gasteiger partial charge in [-0.25, -0.2) is 0 Å². The molecule has 1 aromatic carbocycles.